The molecular formula is C23H19N3O5S. The molecule has 0 saturated carbocycles. The number of imide groups is 1. The lowest BCUT2D eigenvalue weighted by Crippen LogP contribution is -2.34. The molecule has 4 rings (SSSR count). The Morgan fingerprint density at radius 2 is 1.75 bits per heavy atom. The normalized spacial score (nSPS) is 14.9. The van der Waals surface area contributed by atoms with Crippen molar-refractivity contribution in [2.75, 3.05) is 19.0 Å². The molecule has 1 saturated heterocycles. The van der Waals surface area contributed by atoms with Gasteiger partial charge in [-0.15, -0.1) is 0 Å². The number of amides is 3. The molecule has 2 aromatic carbocycles. The monoisotopic (exact) mass is 449 g/mol. The van der Waals surface area contributed by atoms with Gasteiger partial charge >= 0.3 is 5.97 Å². The quantitative estimate of drug-likeness (QED) is 0.457. The number of nitrogens with one attached hydrogen (secondary N) is 1. The van der Waals surface area contributed by atoms with E-state index in [2.05, 4.69) is 10.1 Å². The highest BCUT2D eigenvalue weighted by atomic mass is 32.2. The number of anilines is 1. The molecule has 3 aromatic rings. The fourth-order valence-corrected chi connectivity index (χ4v) is 4.20. The predicted octanol–water partition coefficient (Wildman–Crippen LogP) is 3.49. The molecule has 0 bridgehead atoms. The SMILES string of the molecule is COC(=O)CN1C(=O)SC(=Cc2cn(CC(=O)Nc3ccccc3)c3ccccc23)C1=O. The van der Waals surface area contributed by atoms with Gasteiger partial charge in [-0.05, 0) is 36.0 Å². The van der Waals surface area contributed by atoms with Crippen LogP contribution in [0.5, 0.6) is 0 Å². The van der Waals surface area contributed by atoms with E-state index in [4.69, 9.17) is 0 Å². The minimum Gasteiger partial charge on any atom is -0.468 e. The Balaban J connectivity index is 1.60. The Labute approximate surface area is 187 Å². The number of carbonyl (C=O) groups is 4. The number of benzene rings is 2. The fourth-order valence-electron chi connectivity index (χ4n) is 3.37. The molecule has 0 unspecified atom stereocenters. The van der Waals surface area contributed by atoms with Crippen molar-refractivity contribution in [3.63, 3.8) is 0 Å². The molecule has 0 spiro atoms. The average molecular weight is 449 g/mol. The summed E-state index contributed by atoms with van der Waals surface area (Å²) in [4.78, 5) is 49.9. The van der Waals surface area contributed by atoms with Crippen LogP contribution in [0.1, 0.15) is 5.56 Å². The molecule has 1 N–H and O–H groups in total. The summed E-state index contributed by atoms with van der Waals surface area (Å²) in [7, 11) is 1.19. The number of thioether (sulfide) groups is 1. The van der Waals surface area contributed by atoms with Crippen LogP contribution in [0.25, 0.3) is 17.0 Å². The zero-order valence-electron chi connectivity index (χ0n) is 17.1. The van der Waals surface area contributed by atoms with Gasteiger partial charge in [0.25, 0.3) is 11.1 Å². The van der Waals surface area contributed by atoms with E-state index in [9.17, 15) is 19.2 Å². The lowest BCUT2D eigenvalue weighted by molar-refractivity contribution is -0.143. The van der Waals surface area contributed by atoms with Crippen molar-refractivity contribution in [1.29, 1.82) is 0 Å². The van der Waals surface area contributed by atoms with Gasteiger partial charge in [-0.1, -0.05) is 36.4 Å². The van der Waals surface area contributed by atoms with Crippen LogP contribution < -0.4 is 5.32 Å². The minimum atomic E-state index is -0.672. The van der Waals surface area contributed by atoms with Crippen LogP contribution in [0.3, 0.4) is 0 Å². The standard InChI is InChI=1S/C23H19N3O5S/c1-31-21(28)14-26-22(29)19(32-23(26)30)11-15-12-25(18-10-6-5-9-17(15)18)13-20(27)24-16-7-3-2-4-8-16/h2-12H,13-14H2,1H3,(H,24,27). The Morgan fingerprint density at radius 1 is 1.03 bits per heavy atom. The summed E-state index contributed by atoms with van der Waals surface area (Å²) in [6.07, 6.45) is 3.37. The highest BCUT2D eigenvalue weighted by molar-refractivity contribution is 8.18. The summed E-state index contributed by atoms with van der Waals surface area (Å²) in [6.45, 7) is -0.354. The highest BCUT2D eigenvalue weighted by Crippen LogP contribution is 2.34. The van der Waals surface area contributed by atoms with E-state index in [1.807, 2.05) is 54.6 Å². The second-order valence-electron chi connectivity index (χ2n) is 6.99. The third kappa shape index (κ3) is 4.42. The van der Waals surface area contributed by atoms with Crippen LogP contribution in [-0.2, 0) is 25.7 Å². The molecule has 2 heterocycles. The molecule has 9 heteroatoms. The van der Waals surface area contributed by atoms with E-state index in [1.165, 1.54) is 7.11 Å². The number of methoxy groups -OCH3 is 1. The van der Waals surface area contributed by atoms with Crippen molar-refractivity contribution in [2.24, 2.45) is 0 Å². The van der Waals surface area contributed by atoms with Gasteiger partial charge in [0.15, 0.2) is 0 Å². The van der Waals surface area contributed by atoms with Crippen LogP contribution in [0.15, 0.2) is 65.7 Å². The maximum atomic E-state index is 12.6. The minimum absolute atomic E-state index is 0.0765. The molecule has 1 aromatic heterocycles. The van der Waals surface area contributed by atoms with Gasteiger partial charge < -0.3 is 14.6 Å². The number of ether oxygens (including phenoxy) is 1. The molecule has 1 fully saturated rings. The summed E-state index contributed by atoms with van der Waals surface area (Å²) in [5.41, 5.74) is 2.21. The Hall–Kier alpha value is -3.85. The first-order valence-corrected chi connectivity index (χ1v) is 10.5. The first-order chi connectivity index (χ1) is 15.5. The molecule has 162 valence electrons. The van der Waals surface area contributed by atoms with Gasteiger partial charge in [-0.2, -0.15) is 0 Å². The second kappa shape index (κ2) is 9.11. The number of nitrogens with zero attached hydrogens (tertiary/aromatic N) is 2. The van der Waals surface area contributed by atoms with Crippen LogP contribution in [0, 0.1) is 0 Å². The molecular weight excluding hydrogens is 430 g/mol. The smallest absolute Gasteiger partial charge is 0.325 e. The van der Waals surface area contributed by atoms with Crippen LogP contribution >= 0.6 is 11.8 Å². The zero-order chi connectivity index (χ0) is 22.7. The molecule has 1 aliphatic heterocycles. The Kier molecular flexibility index (Phi) is 6.09. The third-order valence-electron chi connectivity index (χ3n) is 4.87. The number of hydrogen-bond acceptors (Lipinski definition) is 6. The number of fused-ring (bicyclic) bond motifs is 1. The Bertz CT molecular complexity index is 1250. The van der Waals surface area contributed by atoms with Crippen LogP contribution in [-0.4, -0.2) is 46.1 Å². The van der Waals surface area contributed by atoms with Crippen molar-refractivity contribution in [2.45, 2.75) is 6.54 Å². The van der Waals surface area contributed by atoms with Gasteiger partial charge in [0.1, 0.15) is 13.1 Å². The fraction of sp³-hybridized carbons (Fsp3) is 0.130. The lowest BCUT2D eigenvalue weighted by Gasteiger charge is -2.09. The van der Waals surface area contributed by atoms with Crippen molar-refractivity contribution >= 4 is 57.5 Å². The van der Waals surface area contributed by atoms with E-state index in [-0.39, 0.29) is 17.4 Å². The maximum absolute atomic E-state index is 12.6. The van der Waals surface area contributed by atoms with Crippen molar-refractivity contribution < 1.29 is 23.9 Å². The topological polar surface area (TPSA) is 97.7 Å². The van der Waals surface area contributed by atoms with Crippen molar-refractivity contribution in [3.05, 3.63) is 71.3 Å². The number of aromatic nitrogens is 1. The van der Waals surface area contributed by atoms with E-state index in [0.717, 1.165) is 27.6 Å². The summed E-state index contributed by atoms with van der Waals surface area (Å²) in [6, 6.07) is 16.6. The summed E-state index contributed by atoms with van der Waals surface area (Å²) in [5.74, 6) is -1.42. The molecule has 0 atom stereocenters. The average Bonchev–Trinajstić information content (AvgIpc) is 3.26. The summed E-state index contributed by atoms with van der Waals surface area (Å²) < 4.78 is 6.34. The number of carbonyl (C=O) groups excluding carboxylic acids is 4. The first-order valence-electron chi connectivity index (χ1n) is 9.71. The molecule has 8 nitrogen and oxygen atoms in total. The maximum Gasteiger partial charge on any atom is 0.325 e. The van der Waals surface area contributed by atoms with Gasteiger partial charge in [0.2, 0.25) is 5.91 Å². The molecule has 3 amide bonds. The van der Waals surface area contributed by atoms with Crippen LogP contribution in [0.4, 0.5) is 10.5 Å². The molecule has 32 heavy (non-hydrogen) atoms. The van der Waals surface area contributed by atoms with E-state index >= 15 is 0 Å². The lowest BCUT2D eigenvalue weighted by atomic mass is 10.1. The van der Waals surface area contributed by atoms with Crippen LogP contribution in [0.2, 0.25) is 0 Å². The zero-order valence-corrected chi connectivity index (χ0v) is 17.9. The molecule has 1 aliphatic rings. The van der Waals surface area contributed by atoms with Crippen molar-refractivity contribution in [1.82, 2.24) is 9.47 Å². The van der Waals surface area contributed by atoms with Gasteiger partial charge in [0, 0.05) is 28.4 Å². The Morgan fingerprint density at radius 3 is 2.50 bits per heavy atom. The largest absolute Gasteiger partial charge is 0.468 e. The predicted molar refractivity (Wildman–Crippen MR) is 122 cm³/mol. The number of hydrogen-bond donors (Lipinski definition) is 1. The summed E-state index contributed by atoms with van der Waals surface area (Å²) in [5, 5.41) is 3.15. The first kappa shape index (κ1) is 21.4. The molecule has 0 radical (unpaired) electrons. The molecule has 0 aliphatic carbocycles. The van der Waals surface area contributed by atoms with E-state index in [0.29, 0.717) is 11.3 Å². The van der Waals surface area contributed by atoms with Gasteiger partial charge in [0.05, 0.1) is 12.0 Å². The van der Waals surface area contributed by atoms with Gasteiger partial charge in [-0.3, -0.25) is 24.1 Å². The van der Waals surface area contributed by atoms with Crippen molar-refractivity contribution in [3.8, 4) is 0 Å². The number of rotatable bonds is 6. The van der Waals surface area contributed by atoms with E-state index < -0.39 is 23.7 Å². The second-order valence-corrected chi connectivity index (χ2v) is 7.98. The van der Waals surface area contributed by atoms with Gasteiger partial charge in [-0.25, -0.2) is 0 Å². The van der Waals surface area contributed by atoms with E-state index in [1.54, 1.807) is 16.8 Å². The summed E-state index contributed by atoms with van der Waals surface area (Å²) >= 11 is 0.765. The highest BCUT2D eigenvalue weighted by Gasteiger charge is 2.36. The number of esters is 1. The number of para-hydroxylation sites is 2. The third-order valence-corrected chi connectivity index (χ3v) is 5.77.